The summed E-state index contributed by atoms with van der Waals surface area (Å²) in [6, 6.07) is 12.7. The Labute approximate surface area is 96.1 Å². The molecule has 0 nitrogen and oxygen atoms in total. The van der Waals surface area contributed by atoms with E-state index in [-0.39, 0.29) is 0 Å². The van der Waals surface area contributed by atoms with E-state index in [1.165, 1.54) is 10.5 Å². The second-order valence-electron chi connectivity index (χ2n) is 2.79. The highest BCUT2D eigenvalue weighted by molar-refractivity contribution is 8.76. The zero-order valence-corrected chi connectivity index (χ0v) is 10.0. The molecule has 0 fully saturated rings. The Hall–Kier alpha value is -0.380. The maximum atomic E-state index is 2.18. The molecule has 1 heterocycles. The summed E-state index contributed by atoms with van der Waals surface area (Å²) in [5, 5.41) is 4.30. The predicted molar refractivity (Wildman–Crippen MR) is 67.9 cm³/mol. The Balaban J connectivity index is 1.79. The fourth-order valence-corrected chi connectivity index (χ4v) is 4.13. The smallest absolute Gasteiger partial charge is 0.0292 e. The molecule has 0 saturated heterocycles. The molecule has 3 heteroatoms. The van der Waals surface area contributed by atoms with Crippen LogP contribution in [0.1, 0.15) is 5.56 Å². The topological polar surface area (TPSA) is 0 Å². The first-order chi connectivity index (χ1) is 6.95. The van der Waals surface area contributed by atoms with Gasteiger partial charge in [0, 0.05) is 16.0 Å². The van der Waals surface area contributed by atoms with Gasteiger partial charge in [-0.3, -0.25) is 0 Å². The molecule has 1 aromatic carbocycles. The lowest BCUT2D eigenvalue weighted by atomic mass is 10.2. The highest BCUT2D eigenvalue weighted by atomic mass is 33.1. The number of thiophene rings is 1. The minimum atomic E-state index is 1.07. The summed E-state index contributed by atoms with van der Waals surface area (Å²) in [6.07, 6.45) is 0. The van der Waals surface area contributed by atoms with Gasteiger partial charge in [0.2, 0.25) is 0 Å². The van der Waals surface area contributed by atoms with Gasteiger partial charge in [0.1, 0.15) is 0 Å². The lowest BCUT2D eigenvalue weighted by Gasteiger charge is -1.98. The van der Waals surface area contributed by atoms with Crippen molar-refractivity contribution in [1.29, 1.82) is 0 Å². The first kappa shape index (κ1) is 10.1. The Morgan fingerprint density at radius 2 is 1.93 bits per heavy atom. The Bertz CT molecular complexity index is 353. The van der Waals surface area contributed by atoms with Crippen LogP contribution in [0.15, 0.2) is 52.1 Å². The molecule has 14 heavy (non-hydrogen) atoms. The fraction of sp³-hybridized carbons (Fsp3) is 0.0909. The molecule has 0 unspecified atom stereocenters. The summed E-state index contributed by atoms with van der Waals surface area (Å²) in [6.45, 7) is 0. The van der Waals surface area contributed by atoms with E-state index in [1.54, 1.807) is 11.3 Å². The van der Waals surface area contributed by atoms with Crippen LogP contribution in [0, 0.1) is 0 Å². The van der Waals surface area contributed by atoms with Crippen LogP contribution in [0.4, 0.5) is 0 Å². The number of hydrogen-bond donors (Lipinski definition) is 0. The van der Waals surface area contributed by atoms with Crippen molar-refractivity contribution in [2.24, 2.45) is 0 Å². The molecule has 0 aliphatic carbocycles. The molecule has 0 spiro atoms. The van der Waals surface area contributed by atoms with Crippen LogP contribution in [0.2, 0.25) is 0 Å². The minimum Gasteiger partial charge on any atom is -0.151 e. The fourth-order valence-electron chi connectivity index (χ4n) is 1.04. The molecule has 0 atom stereocenters. The van der Waals surface area contributed by atoms with Crippen molar-refractivity contribution >= 4 is 32.9 Å². The second-order valence-corrected chi connectivity index (χ2v) is 5.94. The number of hydrogen-bond acceptors (Lipinski definition) is 3. The molecule has 0 N–H and O–H groups in total. The largest absolute Gasteiger partial charge is 0.151 e. The van der Waals surface area contributed by atoms with Crippen LogP contribution in [-0.4, -0.2) is 0 Å². The zero-order chi connectivity index (χ0) is 9.64. The van der Waals surface area contributed by atoms with Crippen LogP contribution >= 0.6 is 32.9 Å². The first-order valence-electron chi connectivity index (χ1n) is 4.31. The summed E-state index contributed by atoms with van der Waals surface area (Å²) in [5.74, 6) is 1.07. The lowest BCUT2D eigenvalue weighted by Crippen LogP contribution is -1.74. The average Bonchev–Trinajstić information content (AvgIpc) is 2.72. The van der Waals surface area contributed by atoms with Gasteiger partial charge >= 0.3 is 0 Å². The van der Waals surface area contributed by atoms with Crippen molar-refractivity contribution in [3.63, 3.8) is 0 Å². The lowest BCUT2D eigenvalue weighted by molar-refractivity contribution is 1.43. The molecule has 2 aromatic rings. The molecule has 0 saturated carbocycles. The van der Waals surface area contributed by atoms with E-state index in [1.807, 2.05) is 21.6 Å². The van der Waals surface area contributed by atoms with E-state index in [9.17, 15) is 0 Å². The predicted octanol–water partition coefficient (Wildman–Crippen LogP) is 4.69. The Morgan fingerprint density at radius 1 is 1.07 bits per heavy atom. The van der Waals surface area contributed by atoms with Crippen molar-refractivity contribution in [2.75, 3.05) is 0 Å². The van der Waals surface area contributed by atoms with Crippen LogP contribution in [0.5, 0.6) is 0 Å². The van der Waals surface area contributed by atoms with Gasteiger partial charge in [-0.15, -0.1) is 0 Å². The third-order valence-corrected chi connectivity index (χ3v) is 4.85. The number of rotatable bonds is 4. The maximum Gasteiger partial charge on any atom is 0.0292 e. The van der Waals surface area contributed by atoms with Gasteiger partial charge < -0.3 is 0 Å². The van der Waals surface area contributed by atoms with Crippen molar-refractivity contribution < 1.29 is 0 Å². The van der Waals surface area contributed by atoms with E-state index in [4.69, 9.17) is 0 Å². The molecule has 0 bridgehead atoms. The summed E-state index contributed by atoms with van der Waals surface area (Å²) in [4.78, 5) is 1.36. The average molecular weight is 238 g/mol. The van der Waals surface area contributed by atoms with Crippen LogP contribution in [0.3, 0.4) is 0 Å². The molecular formula is C11H10S3. The van der Waals surface area contributed by atoms with E-state index in [0.717, 1.165) is 5.75 Å². The highest BCUT2D eigenvalue weighted by Crippen LogP contribution is 2.34. The van der Waals surface area contributed by atoms with Gasteiger partial charge in [-0.1, -0.05) is 51.9 Å². The van der Waals surface area contributed by atoms with Gasteiger partial charge in [0.15, 0.2) is 0 Å². The second kappa shape index (κ2) is 5.49. The standard InChI is InChI=1S/C11H10S3/c1-2-4-10(5-3-1)8-13-14-11-6-7-12-9-11/h1-7,9H,8H2. The van der Waals surface area contributed by atoms with Crippen molar-refractivity contribution in [3.8, 4) is 0 Å². The normalized spacial score (nSPS) is 10.3. The summed E-state index contributed by atoms with van der Waals surface area (Å²) in [7, 11) is 3.74. The molecule has 2 rings (SSSR count). The number of benzene rings is 1. The summed E-state index contributed by atoms with van der Waals surface area (Å²) < 4.78 is 0. The van der Waals surface area contributed by atoms with Gasteiger partial charge in [-0.2, -0.15) is 11.3 Å². The van der Waals surface area contributed by atoms with E-state index < -0.39 is 0 Å². The van der Waals surface area contributed by atoms with Crippen molar-refractivity contribution in [3.05, 3.63) is 52.7 Å². The molecule has 0 aliphatic rings. The third-order valence-electron chi connectivity index (χ3n) is 1.72. The van der Waals surface area contributed by atoms with Crippen LogP contribution < -0.4 is 0 Å². The zero-order valence-electron chi connectivity index (χ0n) is 7.55. The summed E-state index contributed by atoms with van der Waals surface area (Å²) in [5.41, 5.74) is 1.39. The maximum absolute atomic E-state index is 2.18. The van der Waals surface area contributed by atoms with Gasteiger partial charge in [0.05, 0.1) is 0 Å². The Kier molecular flexibility index (Phi) is 3.98. The monoisotopic (exact) mass is 238 g/mol. The van der Waals surface area contributed by atoms with Crippen molar-refractivity contribution in [1.82, 2.24) is 0 Å². The van der Waals surface area contributed by atoms with Gasteiger partial charge in [-0.25, -0.2) is 0 Å². The molecule has 0 radical (unpaired) electrons. The van der Waals surface area contributed by atoms with Crippen LogP contribution in [-0.2, 0) is 5.75 Å². The van der Waals surface area contributed by atoms with Gasteiger partial charge in [-0.05, 0) is 17.0 Å². The third kappa shape index (κ3) is 3.08. The van der Waals surface area contributed by atoms with E-state index in [2.05, 4.69) is 47.2 Å². The van der Waals surface area contributed by atoms with E-state index >= 15 is 0 Å². The first-order valence-corrected chi connectivity index (χ1v) is 7.57. The molecule has 0 amide bonds. The van der Waals surface area contributed by atoms with Crippen LogP contribution in [0.25, 0.3) is 0 Å². The minimum absolute atomic E-state index is 1.07. The van der Waals surface area contributed by atoms with Gasteiger partial charge in [0.25, 0.3) is 0 Å². The molecule has 0 aliphatic heterocycles. The Morgan fingerprint density at radius 3 is 2.64 bits per heavy atom. The quantitative estimate of drug-likeness (QED) is 0.709. The highest BCUT2D eigenvalue weighted by Gasteiger charge is 1.95. The van der Waals surface area contributed by atoms with Crippen molar-refractivity contribution in [2.45, 2.75) is 10.6 Å². The SMILES string of the molecule is c1ccc(CSSc2ccsc2)cc1. The van der Waals surface area contributed by atoms with E-state index in [0.29, 0.717) is 0 Å². The molecular weight excluding hydrogens is 228 g/mol. The molecule has 72 valence electrons. The summed E-state index contributed by atoms with van der Waals surface area (Å²) >= 11 is 1.75. The molecule has 1 aromatic heterocycles.